The zero-order chi connectivity index (χ0) is 13.6. The first-order valence-corrected chi connectivity index (χ1v) is 4.77. The Labute approximate surface area is 98.2 Å². The molecule has 0 amide bonds. The van der Waals surface area contributed by atoms with Crippen molar-refractivity contribution in [1.29, 1.82) is 0 Å². The quantitative estimate of drug-likeness (QED) is 0.531. The molecule has 0 bridgehead atoms. The van der Waals surface area contributed by atoms with E-state index in [0.29, 0.717) is 6.08 Å². The summed E-state index contributed by atoms with van der Waals surface area (Å²) in [5, 5.41) is 17.2. The van der Waals surface area contributed by atoms with E-state index < -0.39 is 24.0 Å². The van der Waals surface area contributed by atoms with Crippen molar-refractivity contribution in [2.75, 3.05) is 0 Å². The lowest BCUT2D eigenvalue weighted by atomic mass is 10.1. The Morgan fingerprint density at radius 3 is 2.24 bits per heavy atom. The van der Waals surface area contributed by atoms with Gasteiger partial charge in [-0.25, -0.2) is 14.4 Å². The number of ether oxygens (including phenoxy) is 1. The molecule has 0 aromatic heterocycles. The highest BCUT2D eigenvalue weighted by atomic mass is 16.5. The molecule has 0 spiro atoms. The van der Waals surface area contributed by atoms with Crippen molar-refractivity contribution >= 4 is 17.9 Å². The highest BCUT2D eigenvalue weighted by molar-refractivity contribution is 5.94. The summed E-state index contributed by atoms with van der Waals surface area (Å²) in [5.41, 5.74) is -0.143. The third-order valence-electron chi connectivity index (χ3n) is 1.74. The van der Waals surface area contributed by atoms with Crippen molar-refractivity contribution in [3.63, 3.8) is 0 Å². The van der Waals surface area contributed by atoms with Gasteiger partial charge in [-0.2, -0.15) is 0 Å². The van der Waals surface area contributed by atoms with Crippen LogP contribution >= 0.6 is 0 Å². The van der Waals surface area contributed by atoms with Crippen LogP contribution < -0.4 is 0 Å². The van der Waals surface area contributed by atoms with Gasteiger partial charge in [0.1, 0.15) is 6.10 Å². The van der Waals surface area contributed by atoms with E-state index in [2.05, 4.69) is 6.58 Å². The smallest absolute Gasteiger partial charge is 0.333 e. The standard InChI is InChI=1S/C11H14O6/c1-6(2)11(16)17-7(3)4-8(10(14)15)5-9(12)13/h5,7H,1,4H2,2-3H3,(H,12,13)(H,14,15). The Morgan fingerprint density at radius 1 is 1.35 bits per heavy atom. The fraction of sp³-hybridized carbons (Fsp3) is 0.364. The molecular weight excluding hydrogens is 228 g/mol. The summed E-state index contributed by atoms with van der Waals surface area (Å²) in [6.45, 7) is 6.30. The average Bonchev–Trinajstić information content (AvgIpc) is 2.15. The zero-order valence-electron chi connectivity index (χ0n) is 9.60. The fourth-order valence-corrected chi connectivity index (χ4v) is 0.992. The molecule has 0 aliphatic heterocycles. The van der Waals surface area contributed by atoms with Gasteiger partial charge in [-0.15, -0.1) is 0 Å². The molecule has 2 N–H and O–H groups in total. The van der Waals surface area contributed by atoms with Gasteiger partial charge >= 0.3 is 17.9 Å². The Hall–Kier alpha value is -2.11. The van der Waals surface area contributed by atoms with E-state index in [0.717, 1.165) is 0 Å². The summed E-state index contributed by atoms with van der Waals surface area (Å²) in [5.74, 6) is -3.36. The van der Waals surface area contributed by atoms with Gasteiger partial charge in [0, 0.05) is 23.6 Å². The third-order valence-corrected chi connectivity index (χ3v) is 1.74. The van der Waals surface area contributed by atoms with Crippen LogP contribution in [0.25, 0.3) is 0 Å². The van der Waals surface area contributed by atoms with Crippen LogP contribution in [0.15, 0.2) is 23.8 Å². The van der Waals surface area contributed by atoms with Gasteiger partial charge in [-0.1, -0.05) is 6.58 Å². The number of hydrogen-bond donors (Lipinski definition) is 2. The van der Waals surface area contributed by atoms with Crippen LogP contribution in [0, 0.1) is 0 Å². The van der Waals surface area contributed by atoms with E-state index >= 15 is 0 Å². The van der Waals surface area contributed by atoms with E-state index in [9.17, 15) is 14.4 Å². The molecule has 94 valence electrons. The monoisotopic (exact) mass is 242 g/mol. The Kier molecular flexibility index (Phi) is 5.66. The van der Waals surface area contributed by atoms with Crippen LogP contribution in [-0.4, -0.2) is 34.2 Å². The van der Waals surface area contributed by atoms with Gasteiger partial charge in [-0.3, -0.25) is 0 Å². The molecule has 0 aliphatic rings. The topological polar surface area (TPSA) is 101 Å². The molecule has 6 heteroatoms. The van der Waals surface area contributed by atoms with Gasteiger partial charge in [0.15, 0.2) is 0 Å². The van der Waals surface area contributed by atoms with E-state index in [-0.39, 0.29) is 17.6 Å². The molecule has 0 aromatic rings. The second-order valence-corrected chi connectivity index (χ2v) is 3.51. The van der Waals surface area contributed by atoms with Crippen molar-refractivity contribution < 1.29 is 29.3 Å². The maximum atomic E-state index is 11.1. The number of carbonyl (C=O) groups is 3. The normalized spacial score (nSPS) is 12.7. The summed E-state index contributed by atoms with van der Waals surface area (Å²) < 4.78 is 4.84. The highest BCUT2D eigenvalue weighted by Gasteiger charge is 2.17. The number of aliphatic carboxylic acids is 2. The summed E-state index contributed by atoms with van der Waals surface area (Å²) >= 11 is 0. The Morgan fingerprint density at radius 2 is 1.88 bits per heavy atom. The molecule has 0 saturated heterocycles. The molecule has 0 heterocycles. The lowest BCUT2D eigenvalue weighted by Gasteiger charge is -2.13. The van der Waals surface area contributed by atoms with Gasteiger partial charge in [0.25, 0.3) is 0 Å². The molecule has 0 saturated carbocycles. The molecule has 1 atom stereocenters. The number of carboxylic acid groups (broad SMARTS) is 2. The van der Waals surface area contributed by atoms with Gasteiger partial charge in [0.2, 0.25) is 0 Å². The fourth-order valence-electron chi connectivity index (χ4n) is 0.992. The SMILES string of the molecule is C=C(C)C(=O)OC(C)CC(=CC(=O)O)C(=O)O. The Bertz CT molecular complexity index is 379. The molecule has 6 nitrogen and oxygen atoms in total. The van der Waals surface area contributed by atoms with Crippen LogP contribution in [0.3, 0.4) is 0 Å². The van der Waals surface area contributed by atoms with Crippen molar-refractivity contribution in [2.45, 2.75) is 26.4 Å². The van der Waals surface area contributed by atoms with Crippen LogP contribution in [0.2, 0.25) is 0 Å². The highest BCUT2D eigenvalue weighted by Crippen LogP contribution is 2.10. The number of rotatable bonds is 6. The van der Waals surface area contributed by atoms with Crippen LogP contribution in [-0.2, 0) is 19.1 Å². The van der Waals surface area contributed by atoms with Gasteiger partial charge in [0.05, 0.1) is 0 Å². The first-order valence-electron chi connectivity index (χ1n) is 4.77. The minimum atomic E-state index is -1.36. The van der Waals surface area contributed by atoms with Crippen LogP contribution in [0.1, 0.15) is 20.3 Å². The van der Waals surface area contributed by atoms with Crippen molar-refractivity contribution in [3.8, 4) is 0 Å². The maximum absolute atomic E-state index is 11.1. The lowest BCUT2D eigenvalue weighted by molar-refractivity contribution is -0.144. The molecule has 1 unspecified atom stereocenters. The summed E-state index contributed by atoms with van der Waals surface area (Å²) in [4.78, 5) is 32.2. The summed E-state index contributed by atoms with van der Waals surface area (Å²) in [6.07, 6.45) is -0.338. The molecule has 0 aliphatic carbocycles. The van der Waals surface area contributed by atoms with Crippen LogP contribution in [0.5, 0.6) is 0 Å². The van der Waals surface area contributed by atoms with E-state index in [1.807, 2.05) is 0 Å². The predicted molar refractivity (Wildman–Crippen MR) is 58.3 cm³/mol. The summed E-state index contributed by atoms with van der Waals surface area (Å²) in [6, 6.07) is 0. The number of hydrogen-bond acceptors (Lipinski definition) is 4. The zero-order valence-corrected chi connectivity index (χ0v) is 9.60. The first kappa shape index (κ1) is 14.9. The summed E-state index contributed by atoms with van der Waals surface area (Å²) in [7, 11) is 0. The molecule has 17 heavy (non-hydrogen) atoms. The van der Waals surface area contributed by atoms with E-state index in [1.54, 1.807) is 0 Å². The average molecular weight is 242 g/mol. The Balaban J connectivity index is 4.58. The number of carbonyl (C=O) groups excluding carboxylic acids is 1. The van der Waals surface area contributed by atoms with E-state index in [4.69, 9.17) is 14.9 Å². The molecule has 0 rings (SSSR count). The minimum absolute atomic E-state index is 0.180. The second kappa shape index (κ2) is 6.47. The maximum Gasteiger partial charge on any atom is 0.333 e. The van der Waals surface area contributed by atoms with Crippen molar-refractivity contribution in [2.24, 2.45) is 0 Å². The van der Waals surface area contributed by atoms with Crippen molar-refractivity contribution in [3.05, 3.63) is 23.8 Å². The largest absolute Gasteiger partial charge is 0.478 e. The van der Waals surface area contributed by atoms with Crippen LogP contribution in [0.4, 0.5) is 0 Å². The van der Waals surface area contributed by atoms with Crippen molar-refractivity contribution in [1.82, 2.24) is 0 Å². The number of esters is 1. The molecule has 0 fully saturated rings. The lowest BCUT2D eigenvalue weighted by Crippen LogP contribution is -2.18. The third kappa shape index (κ3) is 6.14. The first-order chi connectivity index (χ1) is 7.73. The molecular formula is C11H14O6. The number of carboxylic acids is 2. The molecule has 0 radical (unpaired) electrons. The second-order valence-electron chi connectivity index (χ2n) is 3.51. The molecule has 0 aromatic carbocycles. The van der Waals surface area contributed by atoms with Gasteiger partial charge in [-0.05, 0) is 13.8 Å². The minimum Gasteiger partial charge on any atom is -0.478 e. The van der Waals surface area contributed by atoms with E-state index in [1.165, 1.54) is 13.8 Å². The predicted octanol–water partition coefficient (Wildman–Crippen LogP) is 0.980. The van der Waals surface area contributed by atoms with Gasteiger partial charge < -0.3 is 14.9 Å².